The lowest BCUT2D eigenvalue weighted by molar-refractivity contribution is 0.404. The average Bonchev–Trinajstić information content (AvgIpc) is 3.04. The van der Waals surface area contributed by atoms with E-state index in [1.165, 1.54) is 11.5 Å². The number of nitrogens with zero attached hydrogens (tertiary/aromatic N) is 4. The van der Waals surface area contributed by atoms with Gasteiger partial charge in [-0.05, 0) is 23.9 Å². The normalized spacial score (nSPS) is 12.9. The first-order valence-corrected chi connectivity index (χ1v) is 7.54. The van der Waals surface area contributed by atoms with E-state index in [2.05, 4.69) is 35.5 Å². The third-order valence-electron chi connectivity index (χ3n) is 3.16. The monoisotopic (exact) mass is 295 g/mol. The topological polar surface area (TPSA) is 78.9 Å². The van der Waals surface area contributed by atoms with E-state index < -0.39 is 0 Å². The fourth-order valence-electron chi connectivity index (χ4n) is 2.18. The second-order valence-electron chi connectivity index (χ2n) is 4.98. The van der Waals surface area contributed by atoms with Crippen LogP contribution in [0.25, 0.3) is 0 Å². The van der Waals surface area contributed by atoms with Crippen LogP contribution in [0.2, 0.25) is 0 Å². The molecule has 2 heterocycles. The van der Waals surface area contributed by atoms with Gasteiger partial charge < -0.3 is 10.5 Å². The summed E-state index contributed by atoms with van der Waals surface area (Å²) in [5.74, 6) is 1.01. The predicted molar refractivity (Wildman–Crippen MR) is 79.1 cm³/mol. The summed E-state index contributed by atoms with van der Waals surface area (Å²) < 4.78 is 11.3. The number of methoxy groups -OCH3 is 1. The van der Waals surface area contributed by atoms with Crippen molar-refractivity contribution in [2.24, 2.45) is 5.73 Å². The quantitative estimate of drug-likeness (QED) is 0.884. The van der Waals surface area contributed by atoms with Crippen molar-refractivity contribution in [2.45, 2.75) is 45.7 Å². The number of aromatic nitrogens is 4. The van der Waals surface area contributed by atoms with E-state index in [9.17, 15) is 0 Å². The van der Waals surface area contributed by atoms with E-state index in [-0.39, 0.29) is 6.04 Å². The number of hydrogen-bond acceptors (Lipinski definition) is 6. The molecule has 0 aromatic carbocycles. The Morgan fingerprint density at radius 1 is 1.45 bits per heavy atom. The van der Waals surface area contributed by atoms with E-state index in [0.29, 0.717) is 11.7 Å². The molecule has 2 aromatic heterocycles. The Labute approximate surface area is 123 Å². The molecule has 2 aromatic rings. The minimum absolute atomic E-state index is 0.295. The Balaban J connectivity index is 2.44. The molecule has 0 amide bonds. The highest BCUT2D eigenvalue weighted by Gasteiger charge is 2.25. The molecule has 0 aliphatic rings. The third-order valence-corrected chi connectivity index (χ3v) is 3.99. The first kappa shape index (κ1) is 14.9. The van der Waals surface area contributed by atoms with Crippen LogP contribution >= 0.6 is 11.5 Å². The maximum absolute atomic E-state index is 6.44. The van der Waals surface area contributed by atoms with E-state index in [4.69, 9.17) is 10.5 Å². The van der Waals surface area contributed by atoms with Gasteiger partial charge in [0.2, 0.25) is 0 Å². The van der Waals surface area contributed by atoms with Crippen LogP contribution in [0.15, 0.2) is 6.20 Å². The second-order valence-corrected chi connectivity index (χ2v) is 5.76. The van der Waals surface area contributed by atoms with Gasteiger partial charge in [-0.3, -0.25) is 4.68 Å². The minimum Gasteiger partial charge on any atom is -0.493 e. The van der Waals surface area contributed by atoms with Gasteiger partial charge in [-0.2, -0.15) is 5.10 Å². The summed E-state index contributed by atoms with van der Waals surface area (Å²) in [5, 5.41) is 8.55. The molecule has 0 radical (unpaired) electrons. The molecule has 0 fully saturated rings. The van der Waals surface area contributed by atoms with Crippen molar-refractivity contribution in [1.82, 2.24) is 19.4 Å². The highest BCUT2D eigenvalue weighted by Crippen LogP contribution is 2.33. The second kappa shape index (κ2) is 6.32. The van der Waals surface area contributed by atoms with Crippen LogP contribution in [0.5, 0.6) is 5.75 Å². The number of ether oxygens (including phenoxy) is 1. The molecule has 1 atom stereocenters. The maximum atomic E-state index is 6.44. The number of rotatable bonds is 6. The van der Waals surface area contributed by atoms with Crippen LogP contribution in [-0.2, 0) is 6.54 Å². The number of nitrogens with two attached hydrogens (primary N) is 1. The molecule has 20 heavy (non-hydrogen) atoms. The van der Waals surface area contributed by atoms with E-state index in [1.54, 1.807) is 13.3 Å². The zero-order valence-corrected chi connectivity index (χ0v) is 13.1. The smallest absolute Gasteiger partial charge is 0.161 e. The van der Waals surface area contributed by atoms with Crippen LogP contribution in [0.3, 0.4) is 0 Å². The zero-order chi connectivity index (χ0) is 14.7. The summed E-state index contributed by atoms with van der Waals surface area (Å²) in [6, 6.07) is -0.309. The summed E-state index contributed by atoms with van der Waals surface area (Å²) in [7, 11) is 1.64. The third kappa shape index (κ3) is 2.69. The molecular weight excluding hydrogens is 274 g/mol. The van der Waals surface area contributed by atoms with Gasteiger partial charge in [0.15, 0.2) is 5.75 Å². The van der Waals surface area contributed by atoms with E-state index in [1.807, 2.05) is 4.68 Å². The van der Waals surface area contributed by atoms with E-state index >= 15 is 0 Å². The molecule has 1 unspecified atom stereocenters. The van der Waals surface area contributed by atoms with Gasteiger partial charge in [-0.25, -0.2) is 0 Å². The molecule has 0 spiro atoms. The zero-order valence-electron chi connectivity index (χ0n) is 12.3. The summed E-state index contributed by atoms with van der Waals surface area (Å²) in [4.78, 5) is 0.983. The van der Waals surface area contributed by atoms with Gasteiger partial charge in [0.05, 0.1) is 29.9 Å². The molecule has 2 N–H and O–H groups in total. The predicted octanol–water partition coefficient (Wildman–Crippen LogP) is 2.32. The molecule has 6 nitrogen and oxygen atoms in total. The van der Waals surface area contributed by atoms with Crippen LogP contribution < -0.4 is 10.5 Å². The number of hydrogen-bond donors (Lipinski definition) is 1. The molecule has 2 rings (SSSR count). The first-order valence-electron chi connectivity index (χ1n) is 6.77. The molecule has 0 aliphatic heterocycles. The SMILES string of the molecule is CCCn1ncc(OC)c1C(N)c1snnc1C(C)C. The van der Waals surface area contributed by atoms with Crippen molar-refractivity contribution in [3.05, 3.63) is 22.5 Å². The fraction of sp³-hybridized carbons (Fsp3) is 0.615. The first-order chi connectivity index (χ1) is 9.60. The van der Waals surface area contributed by atoms with Crippen molar-refractivity contribution < 1.29 is 4.74 Å². The molecule has 7 heteroatoms. The molecule has 0 aliphatic carbocycles. The van der Waals surface area contributed by atoms with Gasteiger partial charge in [-0.1, -0.05) is 25.3 Å². The van der Waals surface area contributed by atoms with Gasteiger partial charge in [-0.15, -0.1) is 5.10 Å². The Morgan fingerprint density at radius 3 is 2.80 bits per heavy atom. The van der Waals surface area contributed by atoms with Crippen molar-refractivity contribution in [1.29, 1.82) is 0 Å². The van der Waals surface area contributed by atoms with Crippen molar-refractivity contribution in [3.8, 4) is 5.75 Å². The average molecular weight is 295 g/mol. The Hall–Kier alpha value is -1.47. The van der Waals surface area contributed by atoms with Crippen molar-refractivity contribution in [3.63, 3.8) is 0 Å². The van der Waals surface area contributed by atoms with Crippen LogP contribution in [0.4, 0.5) is 0 Å². The standard InChI is InChI=1S/C13H21N5OS/c1-5-6-18-12(9(19-4)7-15-18)10(14)13-11(8(2)3)16-17-20-13/h7-8,10H,5-6,14H2,1-4H3. The van der Waals surface area contributed by atoms with Crippen LogP contribution in [0, 0.1) is 0 Å². The Morgan fingerprint density at radius 2 is 2.20 bits per heavy atom. The largest absolute Gasteiger partial charge is 0.493 e. The van der Waals surface area contributed by atoms with Crippen molar-refractivity contribution in [2.75, 3.05) is 7.11 Å². The van der Waals surface area contributed by atoms with Gasteiger partial charge in [0, 0.05) is 6.54 Å². The molecular formula is C13H21N5OS. The molecule has 110 valence electrons. The van der Waals surface area contributed by atoms with Gasteiger partial charge in [0.1, 0.15) is 5.69 Å². The molecule has 0 saturated heterocycles. The van der Waals surface area contributed by atoms with Gasteiger partial charge in [0.25, 0.3) is 0 Å². The lowest BCUT2D eigenvalue weighted by atomic mass is 10.0. The lowest BCUT2D eigenvalue weighted by Gasteiger charge is -2.15. The Bertz CT molecular complexity index is 563. The fourth-order valence-corrected chi connectivity index (χ4v) is 3.00. The summed E-state index contributed by atoms with van der Waals surface area (Å²) in [6.45, 7) is 7.11. The van der Waals surface area contributed by atoms with Crippen molar-refractivity contribution >= 4 is 11.5 Å². The molecule has 0 saturated carbocycles. The van der Waals surface area contributed by atoms with Crippen LogP contribution in [0.1, 0.15) is 55.4 Å². The minimum atomic E-state index is -0.309. The maximum Gasteiger partial charge on any atom is 0.161 e. The summed E-state index contributed by atoms with van der Waals surface area (Å²) in [6.07, 6.45) is 2.71. The van der Waals surface area contributed by atoms with E-state index in [0.717, 1.165) is 29.2 Å². The lowest BCUT2D eigenvalue weighted by Crippen LogP contribution is -2.19. The van der Waals surface area contributed by atoms with Crippen LogP contribution in [-0.4, -0.2) is 26.5 Å². The Kier molecular flexibility index (Phi) is 4.72. The van der Waals surface area contributed by atoms with Gasteiger partial charge >= 0.3 is 0 Å². The highest BCUT2D eigenvalue weighted by molar-refractivity contribution is 7.05. The summed E-state index contributed by atoms with van der Waals surface area (Å²) >= 11 is 1.35. The summed E-state index contributed by atoms with van der Waals surface area (Å²) in [5.41, 5.74) is 8.28. The highest BCUT2D eigenvalue weighted by atomic mass is 32.1. The molecule has 0 bridgehead atoms. The number of aryl methyl sites for hydroxylation is 1.